The van der Waals surface area contributed by atoms with Crippen molar-refractivity contribution in [3.8, 4) is 0 Å². The summed E-state index contributed by atoms with van der Waals surface area (Å²) in [5.74, 6) is -0.159. The van der Waals surface area contributed by atoms with Gasteiger partial charge in [0, 0.05) is 39.1 Å². The van der Waals surface area contributed by atoms with E-state index in [1.165, 1.54) is 0 Å². The minimum absolute atomic E-state index is 0.0252. The number of nitrogens with one attached hydrogen (secondary N) is 2. The van der Waals surface area contributed by atoms with E-state index in [1.807, 2.05) is 12.1 Å². The fourth-order valence-electron chi connectivity index (χ4n) is 1.99. The summed E-state index contributed by atoms with van der Waals surface area (Å²) in [6.45, 7) is 1.85. The zero-order chi connectivity index (χ0) is 13.7. The van der Waals surface area contributed by atoms with Crippen molar-refractivity contribution in [2.24, 2.45) is 0 Å². The lowest BCUT2D eigenvalue weighted by atomic mass is 10.1. The van der Waals surface area contributed by atoms with Gasteiger partial charge in [0.15, 0.2) is 0 Å². The molecule has 0 bridgehead atoms. The molecule has 1 unspecified atom stereocenters. The standard InChI is InChI=1S/C13H18N4O2/c1-17-6-5-15-11(13(17)19)7-12(18)16-9-10-3-2-4-14-8-10/h2-4,8,11,15H,5-7,9H2,1H3,(H,16,18). The van der Waals surface area contributed by atoms with Gasteiger partial charge in [0.05, 0.1) is 12.5 Å². The average molecular weight is 262 g/mol. The Labute approximate surface area is 112 Å². The zero-order valence-corrected chi connectivity index (χ0v) is 10.9. The predicted octanol–water partition coefficient (Wildman–Crippen LogP) is -0.482. The van der Waals surface area contributed by atoms with Gasteiger partial charge < -0.3 is 15.5 Å². The molecule has 0 radical (unpaired) electrons. The first-order valence-corrected chi connectivity index (χ1v) is 6.31. The van der Waals surface area contributed by atoms with Gasteiger partial charge in [-0.2, -0.15) is 0 Å². The third-order valence-corrected chi connectivity index (χ3v) is 3.11. The Bertz CT molecular complexity index is 449. The Morgan fingerprint density at radius 3 is 3.21 bits per heavy atom. The topological polar surface area (TPSA) is 74.3 Å². The summed E-state index contributed by atoms with van der Waals surface area (Å²) in [5, 5.41) is 5.86. The van der Waals surface area contributed by atoms with Crippen molar-refractivity contribution in [3.05, 3.63) is 30.1 Å². The number of carbonyl (C=O) groups excluding carboxylic acids is 2. The maximum absolute atomic E-state index is 11.8. The minimum atomic E-state index is -0.410. The summed E-state index contributed by atoms with van der Waals surface area (Å²) < 4.78 is 0. The maximum Gasteiger partial charge on any atom is 0.240 e. The number of likely N-dealkylation sites (N-methyl/N-ethyl adjacent to an activating group) is 1. The normalized spacial score (nSPS) is 19.3. The zero-order valence-electron chi connectivity index (χ0n) is 10.9. The molecule has 2 N–H and O–H groups in total. The molecule has 1 atom stereocenters. The van der Waals surface area contributed by atoms with Gasteiger partial charge in [0.25, 0.3) is 0 Å². The van der Waals surface area contributed by atoms with Crippen LogP contribution in [-0.2, 0) is 16.1 Å². The van der Waals surface area contributed by atoms with Crippen LogP contribution in [0, 0.1) is 0 Å². The van der Waals surface area contributed by atoms with Crippen molar-refractivity contribution in [2.75, 3.05) is 20.1 Å². The van der Waals surface area contributed by atoms with Gasteiger partial charge in [-0.05, 0) is 11.6 Å². The summed E-state index contributed by atoms with van der Waals surface area (Å²) in [5.41, 5.74) is 0.941. The second kappa shape index (κ2) is 6.29. The molecule has 0 spiro atoms. The number of aromatic nitrogens is 1. The molecule has 1 fully saturated rings. The lowest BCUT2D eigenvalue weighted by Gasteiger charge is -2.29. The first kappa shape index (κ1) is 13.5. The molecule has 6 nitrogen and oxygen atoms in total. The monoisotopic (exact) mass is 262 g/mol. The van der Waals surface area contributed by atoms with Crippen molar-refractivity contribution in [1.29, 1.82) is 0 Å². The quantitative estimate of drug-likeness (QED) is 0.768. The van der Waals surface area contributed by atoms with Crippen LogP contribution in [0.5, 0.6) is 0 Å². The first-order chi connectivity index (χ1) is 9.16. The second-order valence-corrected chi connectivity index (χ2v) is 4.61. The SMILES string of the molecule is CN1CCNC(CC(=O)NCc2cccnc2)C1=O. The molecule has 2 rings (SSSR count). The largest absolute Gasteiger partial charge is 0.352 e. The van der Waals surface area contributed by atoms with E-state index in [4.69, 9.17) is 0 Å². The molecule has 1 aliphatic heterocycles. The van der Waals surface area contributed by atoms with E-state index in [9.17, 15) is 9.59 Å². The van der Waals surface area contributed by atoms with E-state index in [-0.39, 0.29) is 18.2 Å². The van der Waals surface area contributed by atoms with Gasteiger partial charge in [0.1, 0.15) is 0 Å². The minimum Gasteiger partial charge on any atom is -0.352 e. The molecule has 2 amide bonds. The lowest BCUT2D eigenvalue weighted by molar-refractivity contribution is -0.136. The molecular weight excluding hydrogens is 244 g/mol. The van der Waals surface area contributed by atoms with E-state index in [0.29, 0.717) is 13.1 Å². The van der Waals surface area contributed by atoms with Gasteiger partial charge in [-0.25, -0.2) is 0 Å². The predicted molar refractivity (Wildman–Crippen MR) is 70.1 cm³/mol. The van der Waals surface area contributed by atoms with Crippen LogP contribution in [0.25, 0.3) is 0 Å². The van der Waals surface area contributed by atoms with Gasteiger partial charge in [0.2, 0.25) is 11.8 Å². The summed E-state index contributed by atoms with van der Waals surface area (Å²) in [6.07, 6.45) is 3.56. The van der Waals surface area contributed by atoms with E-state index in [1.54, 1.807) is 24.3 Å². The highest BCUT2D eigenvalue weighted by Crippen LogP contribution is 2.03. The van der Waals surface area contributed by atoms with Crippen molar-refractivity contribution >= 4 is 11.8 Å². The average Bonchev–Trinajstić information content (AvgIpc) is 2.43. The number of hydrogen-bond acceptors (Lipinski definition) is 4. The van der Waals surface area contributed by atoms with Crippen LogP contribution in [0.3, 0.4) is 0 Å². The van der Waals surface area contributed by atoms with Gasteiger partial charge in [-0.1, -0.05) is 6.07 Å². The van der Waals surface area contributed by atoms with Gasteiger partial charge in [-0.3, -0.25) is 14.6 Å². The van der Waals surface area contributed by atoms with E-state index in [0.717, 1.165) is 12.1 Å². The molecule has 6 heteroatoms. The van der Waals surface area contributed by atoms with E-state index >= 15 is 0 Å². The van der Waals surface area contributed by atoms with E-state index in [2.05, 4.69) is 15.6 Å². The molecule has 1 aromatic heterocycles. The second-order valence-electron chi connectivity index (χ2n) is 4.61. The number of amides is 2. The molecule has 0 saturated carbocycles. The summed E-state index contributed by atoms with van der Waals surface area (Å²) in [6, 6.07) is 3.31. The summed E-state index contributed by atoms with van der Waals surface area (Å²) in [7, 11) is 1.75. The number of carbonyl (C=O) groups is 2. The smallest absolute Gasteiger partial charge is 0.240 e. The molecule has 1 aliphatic rings. The van der Waals surface area contributed by atoms with Gasteiger partial charge in [-0.15, -0.1) is 0 Å². The Morgan fingerprint density at radius 2 is 2.47 bits per heavy atom. The number of hydrogen-bond donors (Lipinski definition) is 2. The van der Waals surface area contributed by atoms with Crippen LogP contribution < -0.4 is 10.6 Å². The van der Waals surface area contributed by atoms with Crippen LogP contribution in [0.2, 0.25) is 0 Å². The van der Waals surface area contributed by atoms with Crippen LogP contribution >= 0.6 is 0 Å². The van der Waals surface area contributed by atoms with Crippen molar-refractivity contribution in [2.45, 2.75) is 19.0 Å². The van der Waals surface area contributed by atoms with Crippen LogP contribution in [-0.4, -0.2) is 47.9 Å². The fourth-order valence-corrected chi connectivity index (χ4v) is 1.99. The van der Waals surface area contributed by atoms with E-state index < -0.39 is 6.04 Å². The maximum atomic E-state index is 11.8. The Morgan fingerprint density at radius 1 is 1.63 bits per heavy atom. The lowest BCUT2D eigenvalue weighted by Crippen LogP contribution is -2.54. The van der Waals surface area contributed by atoms with Crippen LogP contribution in [0.15, 0.2) is 24.5 Å². The molecule has 0 aromatic carbocycles. The third-order valence-electron chi connectivity index (χ3n) is 3.11. The molecule has 2 heterocycles. The summed E-state index contributed by atoms with van der Waals surface area (Å²) in [4.78, 5) is 29.2. The molecule has 0 aliphatic carbocycles. The fraction of sp³-hybridized carbons (Fsp3) is 0.462. The Kier molecular flexibility index (Phi) is 4.46. The van der Waals surface area contributed by atoms with Crippen molar-refractivity contribution in [3.63, 3.8) is 0 Å². The molecule has 102 valence electrons. The Hall–Kier alpha value is -1.95. The number of rotatable bonds is 4. The van der Waals surface area contributed by atoms with Crippen molar-refractivity contribution < 1.29 is 9.59 Å². The highest BCUT2D eigenvalue weighted by molar-refractivity contribution is 5.88. The highest BCUT2D eigenvalue weighted by Gasteiger charge is 2.27. The molecule has 1 saturated heterocycles. The third kappa shape index (κ3) is 3.75. The first-order valence-electron chi connectivity index (χ1n) is 6.31. The highest BCUT2D eigenvalue weighted by atomic mass is 16.2. The summed E-state index contributed by atoms with van der Waals surface area (Å²) >= 11 is 0. The molecule has 1 aromatic rings. The Balaban J connectivity index is 1.79. The van der Waals surface area contributed by atoms with Crippen LogP contribution in [0.1, 0.15) is 12.0 Å². The number of nitrogens with zero attached hydrogens (tertiary/aromatic N) is 2. The van der Waals surface area contributed by atoms with Crippen LogP contribution in [0.4, 0.5) is 0 Å². The molecular formula is C13H18N4O2. The number of piperazine rings is 1. The molecule has 19 heavy (non-hydrogen) atoms. The van der Waals surface area contributed by atoms with Crippen molar-refractivity contribution in [1.82, 2.24) is 20.5 Å². The number of pyridine rings is 1. The van der Waals surface area contributed by atoms with Gasteiger partial charge >= 0.3 is 0 Å².